The summed E-state index contributed by atoms with van der Waals surface area (Å²) in [4.78, 5) is 30.0. The summed E-state index contributed by atoms with van der Waals surface area (Å²) in [7, 11) is 1.26. The van der Waals surface area contributed by atoms with Gasteiger partial charge in [0.25, 0.3) is 0 Å². The molecule has 0 radical (unpaired) electrons. The zero-order valence-corrected chi connectivity index (χ0v) is 17.9. The van der Waals surface area contributed by atoms with E-state index >= 15 is 0 Å². The van der Waals surface area contributed by atoms with Gasteiger partial charge in [0.15, 0.2) is 0 Å². The summed E-state index contributed by atoms with van der Waals surface area (Å²) < 4.78 is 15.6. The molecule has 158 valence electrons. The lowest BCUT2D eigenvalue weighted by Gasteiger charge is -2.32. The Morgan fingerprint density at radius 1 is 1.28 bits per heavy atom. The van der Waals surface area contributed by atoms with Crippen LogP contribution in [-0.2, 0) is 23.8 Å². The summed E-state index contributed by atoms with van der Waals surface area (Å²) in [5, 5.41) is 9.50. The molecule has 1 N–H and O–H groups in total. The minimum absolute atomic E-state index is 0.0470. The van der Waals surface area contributed by atoms with E-state index in [1.54, 1.807) is 32.0 Å². The molecule has 0 aliphatic carbocycles. The number of aliphatic imine (C=N–C) groups is 1. The van der Waals surface area contributed by atoms with Crippen molar-refractivity contribution in [3.63, 3.8) is 0 Å². The average Bonchev–Trinajstić information content (AvgIpc) is 2.69. The number of hydrogen-bond donors (Lipinski definition) is 1. The number of esters is 2. The van der Waals surface area contributed by atoms with Crippen LogP contribution in [0, 0.1) is 5.92 Å². The Morgan fingerprint density at radius 2 is 2.00 bits per heavy atom. The first-order valence-electron chi connectivity index (χ1n) is 9.02. The molecule has 7 nitrogen and oxygen atoms in total. The normalized spacial score (nSPS) is 19.0. The molecule has 1 heterocycles. The smallest absolute Gasteiger partial charge is 0.336 e. The third-order valence-electron chi connectivity index (χ3n) is 4.46. The summed E-state index contributed by atoms with van der Waals surface area (Å²) >= 11 is 12.6. The second-order valence-electron chi connectivity index (χ2n) is 6.23. The number of nitrogens with zero attached hydrogens (tertiary/aromatic N) is 1. The maximum Gasteiger partial charge on any atom is 0.336 e. The molecule has 1 aromatic carbocycles. The van der Waals surface area contributed by atoms with Crippen LogP contribution in [0.4, 0.5) is 0 Å². The highest BCUT2D eigenvalue weighted by Gasteiger charge is 2.44. The summed E-state index contributed by atoms with van der Waals surface area (Å²) in [6, 6.07) is 4.99. The van der Waals surface area contributed by atoms with Gasteiger partial charge in [-0.1, -0.05) is 35.3 Å². The monoisotopic (exact) mass is 443 g/mol. The predicted molar refractivity (Wildman–Crippen MR) is 109 cm³/mol. The average molecular weight is 444 g/mol. The Morgan fingerprint density at radius 3 is 2.62 bits per heavy atom. The minimum atomic E-state index is -0.892. The molecule has 2 atom stereocenters. The zero-order chi connectivity index (χ0) is 21.6. The molecular formula is C20H23Cl2NO6. The Bertz CT molecular complexity index is 836. The van der Waals surface area contributed by atoms with E-state index in [1.165, 1.54) is 7.11 Å². The topological polar surface area (TPSA) is 94.4 Å². The number of rotatable bonds is 8. The van der Waals surface area contributed by atoms with Crippen molar-refractivity contribution in [1.29, 1.82) is 0 Å². The van der Waals surface area contributed by atoms with Crippen LogP contribution in [0.1, 0.15) is 25.3 Å². The lowest BCUT2D eigenvalue weighted by Crippen LogP contribution is -2.37. The summed E-state index contributed by atoms with van der Waals surface area (Å²) in [5.74, 6) is -2.92. The highest BCUT2D eigenvalue weighted by Crippen LogP contribution is 2.44. The van der Waals surface area contributed by atoms with E-state index in [0.717, 1.165) is 0 Å². The number of carbonyl (C=O) groups is 2. The van der Waals surface area contributed by atoms with E-state index < -0.39 is 23.8 Å². The van der Waals surface area contributed by atoms with Gasteiger partial charge in [-0.2, -0.15) is 0 Å². The highest BCUT2D eigenvalue weighted by molar-refractivity contribution is 6.42. The largest absolute Gasteiger partial charge is 0.468 e. The van der Waals surface area contributed by atoms with E-state index in [2.05, 4.69) is 4.99 Å². The van der Waals surface area contributed by atoms with Crippen molar-refractivity contribution >= 4 is 40.9 Å². The van der Waals surface area contributed by atoms with Crippen LogP contribution in [0.25, 0.3) is 0 Å². The van der Waals surface area contributed by atoms with Gasteiger partial charge < -0.3 is 19.3 Å². The van der Waals surface area contributed by atoms with Gasteiger partial charge in [0, 0.05) is 11.6 Å². The van der Waals surface area contributed by atoms with E-state index in [0.29, 0.717) is 17.0 Å². The van der Waals surface area contributed by atoms with Gasteiger partial charge in [0.2, 0.25) is 0 Å². The Hall–Kier alpha value is -1.93. The van der Waals surface area contributed by atoms with Crippen LogP contribution in [0.5, 0.6) is 0 Å². The van der Waals surface area contributed by atoms with Crippen LogP contribution in [-0.4, -0.2) is 56.3 Å². The molecule has 1 aromatic rings. The Balaban J connectivity index is 2.72. The molecule has 0 fully saturated rings. The summed E-state index contributed by atoms with van der Waals surface area (Å²) in [5.41, 5.74) is 1.37. The second kappa shape index (κ2) is 10.7. The number of methoxy groups -OCH3 is 1. The molecule has 0 amide bonds. The molecule has 0 saturated heterocycles. The number of carbonyl (C=O) groups excluding carboxylic acids is 2. The molecular weight excluding hydrogens is 421 g/mol. The quantitative estimate of drug-likeness (QED) is 0.489. The van der Waals surface area contributed by atoms with Crippen LogP contribution in [0.3, 0.4) is 0 Å². The fraction of sp³-hybridized carbons (Fsp3) is 0.450. The number of hydrogen-bond acceptors (Lipinski definition) is 7. The summed E-state index contributed by atoms with van der Waals surface area (Å²) in [6.07, 6.45) is 0. The lowest BCUT2D eigenvalue weighted by molar-refractivity contribution is -0.144. The second-order valence-corrected chi connectivity index (χ2v) is 7.02. The van der Waals surface area contributed by atoms with Crippen molar-refractivity contribution in [2.45, 2.75) is 19.8 Å². The SMILES string of the molecule is CCOC(=O)C1=C(COCCO)N=C(C)C(C(=O)OC)C1c1cccc(Cl)c1Cl. The van der Waals surface area contributed by atoms with Gasteiger partial charge >= 0.3 is 11.9 Å². The maximum atomic E-state index is 12.9. The zero-order valence-electron chi connectivity index (χ0n) is 16.4. The first kappa shape index (κ1) is 23.3. The molecule has 9 heteroatoms. The maximum absolute atomic E-state index is 12.9. The molecule has 2 unspecified atom stereocenters. The van der Waals surface area contributed by atoms with Gasteiger partial charge in [-0.05, 0) is 25.5 Å². The molecule has 1 aliphatic rings. The predicted octanol–water partition coefficient (Wildman–Crippen LogP) is 3.17. The number of benzene rings is 1. The van der Waals surface area contributed by atoms with Crippen molar-refractivity contribution in [2.24, 2.45) is 10.9 Å². The molecule has 1 aliphatic heterocycles. The number of halogens is 2. The number of aliphatic hydroxyl groups excluding tert-OH is 1. The van der Waals surface area contributed by atoms with E-state index in [4.69, 9.17) is 42.5 Å². The van der Waals surface area contributed by atoms with E-state index in [-0.39, 0.29) is 42.0 Å². The first-order valence-corrected chi connectivity index (χ1v) is 9.78. The van der Waals surface area contributed by atoms with E-state index in [9.17, 15) is 9.59 Å². The van der Waals surface area contributed by atoms with Crippen LogP contribution in [0.2, 0.25) is 10.0 Å². The molecule has 0 spiro atoms. The number of aliphatic hydroxyl groups is 1. The highest BCUT2D eigenvalue weighted by atomic mass is 35.5. The van der Waals surface area contributed by atoms with Crippen molar-refractivity contribution in [3.8, 4) is 0 Å². The van der Waals surface area contributed by atoms with E-state index in [1.807, 2.05) is 0 Å². The van der Waals surface area contributed by atoms with Crippen molar-refractivity contribution < 1.29 is 28.9 Å². The standard InChI is InChI=1S/C20H23Cl2NO6/c1-4-29-20(26)17-14(10-28-9-8-24)23-11(2)15(19(25)27-3)16(17)12-6-5-7-13(21)18(12)22/h5-7,15-16,24H,4,8-10H2,1-3H3. The third-order valence-corrected chi connectivity index (χ3v) is 5.29. The van der Waals surface area contributed by atoms with Gasteiger partial charge in [0.1, 0.15) is 5.92 Å². The molecule has 29 heavy (non-hydrogen) atoms. The molecule has 0 aromatic heterocycles. The molecule has 0 bridgehead atoms. The lowest BCUT2D eigenvalue weighted by atomic mass is 9.75. The molecule has 0 saturated carbocycles. The Labute approximate surface area is 179 Å². The van der Waals surface area contributed by atoms with Crippen molar-refractivity contribution in [2.75, 3.05) is 33.5 Å². The van der Waals surface area contributed by atoms with Gasteiger partial charge in [-0.3, -0.25) is 9.79 Å². The summed E-state index contributed by atoms with van der Waals surface area (Å²) in [6.45, 7) is 3.32. The minimum Gasteiger partial charge on any atom is -0.468 e. The van der Waals surface area contributed by atoms with Gasteiger partial charge in [-0.25, -0.2) is 4.79 Å². The first-order chi connectivity index (χ1) is 13.9. The fourth-order valence-electron chi connectivity index (χ4n) is 3.26. The van der Waals surface area contributed by atoms with Gasteiger partial charge in [0.05, 0.1) is 54.9 Å². The van der Waals surface area contributed by atoms with Crippen LogP contribution in [0.15, 0.2) is 34.5 Å². The van der Waals surface area contributed by atoms with Crippen molar-refractivity contribution in [1.82, 2.24) is 0 Å². The molecule has 2 rings (SSSR count). The fourth-order valence-corrected chi connectivity index (χ4v) is 3.68. The van der Waals surface area contributed by atoms with Crippen molar-refractivity contribution in [3.05, 3.63) is 45.1 Å². The van der Waals surface area contributed by atoms with Crippen LogP contribution < -0.4 is 0 Å². The third kappa shape index (κ3) is 5.17. The number of ether oxygens (including phenoxy) is 3. The Kier molecular flexibility index (Phi) is 8.64. The van der Waals surface area contributed by atoms with Gasteiger partial charge in [-0.15, -0.1) is 0 Å². The van der Waals surface area contributed by atoms with Crippen LogP contribution >= 0.6 is 23.2 Å².